The summed E-state index contributed by atoms with van der Waals surface area (Å²) in [5, 5.41) is 0. The van der Waals surface area contributed by atoms with Gasteiger partial charge in [-0.3, -0.25) is 4.79 Å². The van der Waals surface area contributed by atoms with Crippen LogP contribution in [0.2, 0.25) is 0 Å². The fraction of sp³-hybridized carbons (Fsp3) is 0.688. The fourth-order valence-electron chi connectivity index (χ4n) is 2.93. The Labute approximate surface area is 127 Å². The summed E-state index contributed by atoms with van der Waals surface area (Å²) >= 11 is 0. The van der Waals surface area contributed by atoms with E-state index >= 15 is 0 Å². The minimum absolute atomic E-state index is 0.0880. The lowest BCUT2D eigenvalue weighted by Crippen LogP contribution is -2.33. The van der Waals surface area contributed by atoms with Crippen molar-refractivity contribution in [2.24, 2.45) is 5.92 Å². The quantitative estimate of drug-likeness (QED) is 0.831. The maximum atomic E-state index is 12.4. The molecular formula is C16H27N3O2. The van der Waals surface area contributed by atoms with Crippen LogP contribution in [-0.4, -0.2) is 67.6 Å². The number of H-pyrrole nitrogens is 1. The zero-order valence-electron chi connectivity index (χ0n) is 13.4. The largest absolute Gasteiger partial charge is 0.383 e. The van der Waals surface area contributed by atoms with Crippen LogP contribution in [-0.2, 0) is 11.2 Å². The van der Waals surface area contributed by atoms with E-state index in [1.54, 1.807) is 7.11 Å². The highest BCUT2D eigenvalue weighted by molar-refractivity contribution is 5.92. The maximum absolute atomic E-state index is 12.4. The van der Waals surface area contributed by atoms with E-state index in [0.29, 0.717) is 11.6 Å². The molecule has 1 atom stereocenters. The van der Waals surface area contributed by atoms with E-state index in [1.165, 1.54) is 0 Å². The van der Waals surface area contributed by atoms with Crippen LogP contribution in [0.25, 0.3) is 0 Å². The molecule has 0 saturated carbocycles. The summed E-state index contributed by atoms with van der Waals surface area (Å²) in [5.41, 5.74) is 1.81. The number of ether oxygens (including phenoxy) is 1. The second-order valence-corrected chi connectivity index (χ2v) is 5.88. The molecule has 1 unspecified atom stereocenters. The molecule has 0 aliphatic carbocycles. The van der Waals surface area contributed by atoms with E-state index in [1.807, 2.05) is 24.1 Å². The molecule has 1 saturated heterocycles. The summed E-state index contributed by atoms with van der Waals surface area (Å²) < 4.78 is 5.12. The van der Waals surface area contributed by atoms with Gasteiger partial charge in [-0.05, 0) is 37.4 Å². The Morgan fingerprint density at radius 2 is 2.33 bits per heavy atom. The summed E-state index contributed by atoms with van der Waals surface area (Å²) in [7, 11) is 3.63. The van der Waals surface area contributed by atoms with Gasteiger partial charge in [0.15, 0.2) is 0 Å². The molecule has 0 spiro atoms. The van der Waals surface area contributed by atoms with E-state index in [9.17, 15) is 4.79 Å². The number of amides is 1. The number of carbonyl (C=O) groups is 1. The Morgan fingerprint density at radius 3 is 3.00 bits per heavy atom. The topological polar surface area (TPSA) is 48.6 Å². The molecule has 1 amide bonds. The minimum atomic E-state index is 0.0880. The zero-order chi connectivity index (χ0) is 15.2. The fourth-order valence-corrected chi connectivity index (χ4v) is 2.93. The average molecular weight is 293 g/mol. The van der Waals surface area contributed by atoms with Crippen molar-refractivity contribution in [2.75, 3.05) is 46.9 Å². The summed E-state index contributed by atoms with van der Waals surface area (Å²) in [5.74, 6) is 0.654. The normalized spacial score (nSPS) is 19.1. The Bertz CT molecular complexity index is 458. The predicted octanol–water partition coefficient (Wildman–Crippen LogP) is 1.62. The number of carbonyl (C=O) groups excluding carboxylic acids is 1. The SMILES string of the molecule is CCc1ccc(C(=O)N(C)CC2CCN(CCOC)C2)[nH]1. The molecule has 1 aromatic heterocycles. The van der Waals surface area contributed by atoms with Gasteiger partial charge >= 0.3 is 0 Å². The first-order chi connectivity index (χ1) is 10.1. The molecule has 1 aromatic rings. The van der Waals surface area contributed by atoms with Crippen LogP contribution in [0.4, 0.5) is 0 Å². The molecule has 1 aliphatic heterocycles. The number of hydrogen-bond acceptors (Lipinski definition) is 3. The third-order valence-corrected chi connectivity index (χ3v) is 4.22. The van der Waals surface area contributed by atoms with Crippen molar-refractivity contribution in [3.05, 3.63) is 23.5 Å². The first kappa shape index (κ1) is 16.0. The molecule has 21 heavy (non-hydrogen) atoms. The summed E-state index contributed by atoms with van der Waals surface area (Å²) in [6.45, 7) is 6.84. The van der Waals surface area contributed by atoms with Gasteiger partial charge in [-0.2, -0.15) is 0 Å². The van der Waals surface area contributed by atoms with Crippen LogP contribution >= 0.6 is 0 Å². The van der Waals surface area contributed by atoms with Crippen LogP contribution in [0.3, 0.4) is 0 Å². The molecule has 2 heterocycles. The number of nitrogens with zero attached hydrogens (tertiary/aromatic N) is 2. The molecular weight excluding hydrogens is 266 g/mol. The molecule has 2 rings (SSSR count). The lowest BCUT2D eigenvalue weighted by atomic mass is 10.1. The molecule has 5 heteroatoms. The highest BCUT2D eigenvalue weighted by Crippen LogP contribution is 2.17. The second kappa shape index (κ2) is 7.61. The van der Waals surface area contributed by atoms with Gasteiger partial charge in [0.05, 0.1) is 6.61 Å². The standard InChI is InChI=1S/C16H27N3O2/c1-4-14-5-6-15(17-14)16(20)18(2)11-13-7-8-19(12-13)9-10-21-3/h5-6,13,17H,4,7-12H2,1-3H3. The van der Waals surface area contributed by atoms with Gasteiger partial charge in [-0.25, -0.2) is 0 Å². The number of rotatable bonds is 7. The zero-order valence-corrected chi connectivity index (χ0v) is 13.4. The van der Waals surface area contributed by atoms with E-state index < -0.39 is 0 Å². The number of aryl methyl sites for hydroxylation is 1. The summed E-state index contributed by atoms with van der Waals surface area (Å²) in [4.78, 5) is 19.8. The lowest BCUT2D eigenvalue weighted by molar-refractivity contribution is 0.0766. The van der Waals surface area contributed by atoms with E-state index in [4.69, 9.17) is 4.74 Å². The van der Waals surface area contributed by atoms with Gasteiger partial charge < -0.3 is 19.5 Å². The third-order valence-electron chi connectivity index (χ3n) is 4.22. The number of aromatic nitrogens is 1. The highest BCUT2D eigenvalue weighted by atomic mass is 16.5. The molecule has 0 bridgehead atoms. The Balaban J connectivity index is 1.81. The van der Waals surface area contributed by atoms with Gasteiger partial charge in [0.2, 0.25) is 0 Å². The van der Waals surface area contributed by atoms with Crippen LogP contribution < -0.4 is 0 Å². The summed E-state index contributed by atoms with van der Waals surface area (Å²) in [6, 6.07) is 3.88. The number of hydrogen-bond donors (Lipinski definition) is 1. The van der Waals surface area contributed by atoms with E-state index in [-0.39, 0.29) is 5.91 Å². The van der Waals surface area contributed by atoms with Crippen molar-refractivity contribution < 1.29 is 9.53 Å². The average Bonchev–Trinajstić information content (AvgIpc) is 3.13. The van der Waals surface area contributed by atoms with Gasteiger partial charge in [0.1, 0.15) is 5.69 Å². The number of nitrogens with one attached hydrogen (secondary N) is 1. The third kappa shape index (κ3) is 4.32. The Morgan fingerprint density at radius 1 is 1.52 bits per heavy atom. The summed E-state index contributed by atoms with van der Waals surface area (Å²) in [6.07, 6.45) is 2.08. The van der Waals surface area contributed by atoms with Crippen molar-refractivity contribution in [3.63, 3.8) is 0 Å². The van der Waals surface area contributed by atoms with E-state index in [2.05, 4.69) is 16.8 Å². The Hall–Kier alpha value is -1.33. The molecule has 0 radical (unpaired) electrons. The van der Waals surface area contributed by atoms with Crippen LogP contribution in [0.15, 0.2) is 12.1 Å². The lowest BCUT2D eigenvalue weighted by Gasteiger charge is -2.21. The Kier molecular flexibility index (Phi) is 5.82. The molecule has 5 nitrogen and oxygen atoms in total. The van der Waals surface area contributed by atoms with Crippen LogP contribution in [0.1, 0.15) is 29.5 Å². The van der Waals surface area contributed by atoms with Crippen LogP contribution in [0, 0.1) is 5.92 Å². The molecule has 0 aromatic carbocycles. The molecule has 118 valence electrons. The smallest absolute Gasteiger partial charge is 0.270 e. The van der Waals surface area contributed by atoms with Crippen molar-refractivity contribution in [1.82, 2.24) is 14.8 Å². The first-order valence-electron chi connectivity index (χ1n) is 7.78. The highest BCUT2D eigenvalue weighted by Gasteiger charge is 2.25. The second-order valence-electron chi connectivity index (χ2n) is 5.88. The van der Waals surface area contributed by atoms with Gasteiger partial charge in [0.25, 0.3) is 5.91 Å². The molecule has 1 aliphatic rings. The minimum Gasteiger partial charge on any atom is -0.383 e. The number of likely N-dealkylation sites (tertiary alicyclic amines) is 1. The van der Waals surface area contributed by atoms with Gasteiger partial charge in [0, 0.05) is 39.5 Å². The molecule has 1 fully saturated rings. The van der Waals surface area contributed by atoms with E-state index in [0.717, 1.165) is 51.3 Å². The van der Waals surface area contributed by atoms with Crippen molar-refractivity contribution in [2.45, 2.75) is 19.8 Å². The number of methoxy groups -OCH3 is 1. The number of aromatic amines is 1. The van der Waals surface area contributed by atoms with Gasteiger partial charge in [-0.1, -0.05) is 6.92 Å². The van der Waals surface area contributed by atoms with Gasteiger partial charge in [-0.15, -0.1) is 0 Å². The molecule has 1 N–H and O–H groups in total. The predicted molar refractivity (Wildman–Crippen MR) is 83.6 cm³/mol. The van der Waals surface area contributed by atoms with Crippen molar-refractivity contribution in [3.8, 4) is 0 Å². The van der Waals surface area contributed by atoms with Crippen molar-refractivity contribution >= 4 is 5.91 Å². The first-order valence-corrected chi connectivity index (χ1v) is 7.78. The van der Waals surface area contributed by atoms with Crippen molar-refractivity contribution in [1.29, 1.82) is 0 Å². The monoisotopic (exact) mass is 293 g/mol. The maximum Gasteiger partial charge on any atom is 0.270 e. The van der Waals surface area contributed by atoms with Crippen LogP contribution in [0.5, 0.6) is 0 Å².